The Morgan fingerprint density at radius 3 is 2.36 bits per heavy atom. The Morgan fingerprint density at radius 1 is 1.21 bits per heavy atom. The van der Waals surface area contributed by atoms with Crippen LogP contribution in [0.3, 0.4) is 0 Å². The van der Waals surface area contributed by atoms with Crippen LogP contribution in [0.25, 0.3) is 0 Å². The van der Waals surface area contributed by atoms with Crippen LogP contribution in [-0.2, 0) is 4.74 Å². The predicted octanol–water partition coefficient (Wildman–Crippen LogP) is 3.22. The molecule has 0 radical (unpaired) electrons. The van der Waals surface area contributed by atoms with Gasteiger partial charge in [0.2, 0.25) is 0 Å². The fourth-order valence-corrected chi connectivity index (χ4v) is 1.43. The molecule has 14 heavy (non-hydrogen) atoms. The van der Waals surface area contributed by atoms with Gasteiger partial charge < -0.3 is 4.74 Å². The summed E-state index contributed by atoms with van der Waals surface area (Å²) in [5.74, 6) is -2.89. The van der Waals surface area contributed by atoms with Crippen molar-refractivity contribution in [3.63, 3.8) is 0 Å². The summed E-state index contributed by atoms with van der Waals surface area (Å²) in [5, 5.41) is 0. The van der Waals surface area contributed by atoms with Crippen molar-refractivity contribution < 1.29 is 13.5 Å². The third-order valence-corrected chi connectivity index (χ3v) is 2.23. The lowest BCUT2D eigenvalue weighted by Crippen LogP contribution is -2.20. The molecule has 0 bridgehead atoms. The number of alkyl halides is 2. The van der Waals surface area contributed by atoms with E-state index in [1.165, 1.54) is 0 Å². The fourth-order valence-electron chi connectivity index (χ4n) is 1.43. The lowest BCUT2D eigenvalue weighted by Gasteiger charge is -2.18. The quantitative estimate of drug-likeness (QED) is 0.670. The second-order valence-electron chi connectivity index (χ2n) is 3.40. The molecular formula is C11H10F2O. The van der Waals surface area contributed by atoms with Crippen LogP contribution >= 0.6 is 0 Å². The summed E-state index contributed by atoms with van der Waals surface area (Å²) in [6, 6.07) is 6.93. The van der Waals surface area contributed by atoms with Crippen molar-refractivity contribution >= 4 is 0 Å². The van der Waals surface area contributed by atoms with Gasteiger partial charge in [0.1, 0.15) is 0 Å². The molecule has 0 spiro atoms. The van der Waals surface area contributed by atoms with Gasteiger partial charge in [0.25, 0.3) is 0 Å². The van der Waals surface area contributed by atoms with Gasteiger partial charge >= 0.3 is 5.92 Å². The highest BCUT2D eigenvalue weighted by molar-refractivity contribution is 5.27. The van der Waals surface area contributed by atoms with Crippen molar-refractivity contribution in [2.75, 3.05) is 0 Å². The van der Waals surface area contributed by atoms with Crippen LogP contribution in [0.5, 0.6) is 0 Å². The molecule has 1 atom stereocenters. The molecule has 2 rings (SSSR count). The van der Waals surface area contributed by atoms with Crippen LogP contribution in [-0.4, -0.2) is 5.92 Å². The van der Waals surface area contributed by atoms with E-state index in [0.29, 0.717) is 5.56 Å². The van der Waals surface area contributed by atoms with Gasteiger partial charge in [0, 0.05) is 6.08 Å². The van der Waals surface area contributed by atoms with Crippen molar-refractivity contribution in [1.82, 2.24) is 0 Å². The molecule has 1 aliphatic heterocycles. The van der Waals surface area contributed by atoms with Gasteiger partial charge in [-0.15, -0.1) is 0 Å². The zero-order chi connectivity index (χ0) is 10.2. The summed E-state index contributed by atoms with van der Waals surface area (Å²) in [6.07, 6.45) is 0.685. The second kappa shape index (κ2) is 3.08. The molecule has 0 aliphatic carbocycles. The van der Waals surface area contributed by atoms with Crippen molar-refractivity contribution in [1.29, 1.82) is 0 Å². The SMILES string of the molecule is Cc1ccc(C2OC=CC2(F)F)cc1. The third kappa shape index (κ3) is 1.50. The van der Waals surface area contributed by atoms with Crippen LogP contribution in [0.15, 0.2) is 36.6 Å². The first-order chi connectivity index (χ1) is 6.59. The predicted molar refractivity (Wildman–Crippen MR) is 49.1 cm³/mol. The maximum absolute atomic E-state index is 13.2. The largest absolute Gasteiger partial charge is 0.487 e. The van der Waals surface area contributed by atoms with Crippen LogP contribution in [0.2, 0.25) is 0 Å². The van der Waals surface area contributed by atoms with E-state index < -0.39 is 12.0 Å². The number of hydrogen-bond donors (Lipinski definition) is 0. The first kappa shape index (κ1) is 9.19. The molecule has 0 amide bonds. The van der Waals surface area contributed by atoms with E-state index in [2.05, 4.69) is 0 Å². The second-order valence-corrected chi connectivity index (χ2v) is 3.40. The molecule has 1 nitrogen and oxygen atoms in total. The van der Waals surface area contributed by atoms with E-state index >= 15 is 0 Å². The van der Waals surface area contributed by atoms with Gasteiger partial charge in [0.05, 0.1) is 6.26 Å². The molecule has 0 saturated carbocycles. The van der Waals surface area contributed by atoms with Crippen LogP contribution in [0, 0.1) is 6.92 Å². The number of halogens is 2. The lowest BCUT2D eigenvalue weighted by atomic mass is 10.0. The number of ether oxygens (including phenoxy) is 1. The minimum atomic E-state index is -2.89. The Morgan fingerprint density at radius 2 is 1.86 bits per heavy atom. The third-order valence-electron chi connectivity index (χ3n) is 2.23. The number of rotatable bonds is 1. The Hall–Kier alpha value is -1.38. The summed E-state index contributed by atoms with van der Waals surface area (Å²) in [5.41, 5.74) is 1.55. The Balaban J connectivity index is 2.28. The molecule has 1 aromatic carbocycles. The molecule has 0 aromatic heterocycles. The van der Waals surface area contributed by atoms with E-state index in [9.17, 15) is 8.78 Å². The Kier molecular flexibility index (Phi) is 2.02. The highest BCUT2D eigenvalue weighted by atomic mass is 19.3. The number of benzene rings is 1. The molecule has 0 fully saturated rings. The Labute approximate surface area is 81.0 Å². The van der Waals surface area contributed by atoms with Crippen LogP contribution < -0.4 is 0 Å². The van der Waals surface area contributed by atoms with Crippen LogP contribution in [0.1, 0.15) is 17.2 Å². The zero-order valence-corrected chi connectivity index (χ0v) is 7.71. The Bertz CT molecular complexity index is 354. The molecule has 74 valence electrons. The summed E-state index contributed by atoms with van der Waals surface area (Å²) in [6.45, 7) is 1.91. The van der Waals surface area contributed by atoms with Crippen molar-refractivity contribution in [2.24, 2.45) is 0 Å². The van der Waals surface area contributed by atoms with Crippen LogP contribution in [0.4, 0.5) is 8.78 Å². The lowest BCUT2D eigenvalue weighted by molar-refractivity contribution is -0.0517. The first-order valence-corrected chi connectivity index (χ1v) is 4.37. The van der Waals surface area contributed by atoms with E-state index in [4.69, 9.17) is 4.74 Å². The van der Waals surface area contributed by atoms with Crippen molar-refractivity contribution in [2.45, 2.75) is 19.0 Å². The van der Waals surface area contributed by atoms with Crippen molar-refractivity contribution in [3.8, 4) is 0 Å². The van der Waals surface area contributed by atoms with Gasteiger partial charge in [-0.2, -0.15) is 8.78 Å². The average molecular weight is 196 g/mol. The average Bonchev–Trinajstić information content (AvgIpc) is 2.47. The molecule has 0 N–H and O–H groups in total. The van der Waals surface area contributed by atoms with Gasteiger partial charge in [0.15, 0.2) is 6.10 Å². The topological polar surface area (TPSA) is 9.23 Å². The van der Waals surface area contributed by atoms with E-state index in [1.807, 2.05) is 6.92 Å². The molecular weight excluding hydrogens is 186 g/mol. The summed E-state index contributed by atoms with van der Waals surface area (Å²) < 4.78 is 31.2. The zero-order valence-electron chi connectivity index (χ0n) is 7.71. The molecule has 3 heteroatoms. The normalized spacial score (nSPS) is 23.5. The molecule has 0 saturated heterocycles. The number of aryl methyl sites for hydroxylation is 1. The maximum atomic E-state index is 13.2. The monoisotopic (exact) mass is 196 g/mol. The fraction of sp³-hybridized carbons (Fsp3) is 0.273. The van der Waals surface area contributed by atoms with Gasteiger partial charge in [-0.25, -0.2) is 0 Å². The summed E-state index contributed by atoms with van der Waals surface area (Å²) in [7, 11) is 0. The minimum absolute atomic E-state index is 0.505. The van der Waals surface area contributed by atoms with Crippen molar-refractivity contribution in [3.05, 3.63) is 47.7 Å². The minimum Gasteiger partial charge on any atom is -0.487 e. The standard InChI is InChI=1S/C11H10F2O/c1-8-2-4-9(5-3-8)10-11(12,13)6-7-14-10/h2-7,10H,1H3. The van der Waals surface area contributed by atoms with Gasteiger partial charge in [-0.1, -0.05) is 29.8 Å². The smallest absolute Gasteiger partial charge is 0.309 e. The van der Waals surface area contributed by atoms with E-state index in [0.717, 1.165) is 17.9 Å². The highest BCUT2D eigenvalue weighted by Crippen LogP contribution is 2.40. The molecule has 1 aliphatic rings. The molecule has 1 heterocycles. The van der Waals surface area contributed by atoms with Gasteiger partial charge in [-0.05, 0) is 12.5 Å². The molecule has 1 aromatic rings. The van der Waals surface area contributed by atoms with E-state index in [-0.39, 0.29) is 0 Å². The summed E-state index contributed by atoms with van der Waals surface area (Å²) in [4.78, 5) is 0. The van der Waals surface area contributed by atoms with Gasteiger partial charge in [-0.3, -0.25) is 0 Å². The molecule has 1 unspecified atom stereocenters. The summed E-state index contributed by atoms with van der Waals surface area (Å²) >= 11 is 0. The van der Waals surface area contributed by atoms with E-state index in [1.54, 1.807) is 24.3 Å². The number of hydrogen-bond acceptors (Lipinski definition) is 1. The maximum Gasteiger partial charge on any atom is 0.309 e. The first-order valence-electron chi connectivity index (χ1n) is 4.37. The highest BCUT2D eigenvalue weighted by Gasteiger charge is 2.43.